The second-order valence-corrected chi connectivity index (χ2v) is 6.35. The molecule has 0 atom stereocenters. The summed E-state index contributed by atoms with van der Waals surface area (Å²) in [5, 5.41) is 14.3. The van der Waals surface area contributed by atoms with E-state index in [1.165, 1.54) is 4.88 Å². The average molecular weight is 338 g/mol. The third kappa shape index (κ3) is 4.19. The fraction of sp³-hybridized carbons (Fsp3) is 0.250. The lowest BCUT2D eigenvalue weighted by Crippen LogP contribution is -2.07. The van der Waals surface area contributed by atoms with Gasteiger partial charge >= 0.3 is 0 Å². The number of nitriles is 1. The van der Waals surface area contributed by atoms with Gasteiger partial charge < -0.3 is 5.32 Å². The number of hydrogen-bond donors (Lipinski definition) is 2. The van der Waals surface area contributed by atoms with Gasteiger partial charge in [0.2, 0.25) is 0 Å². The molecular formula is C12H12BrN5S. The van der Waals surface area contributed by atoms with Crippen LogP contribution in [0, 0.1) is 18.4 Å². The van der Waals surface area contributed by atoms with E-state index in [1.54, 1.807) is 24.3 Å². The predicted molar refractivity (Wildman–Crippen MR) is 80.2 cm³/mol. The molecule has 0 bridgehead atoms. The standard InChI is InChI=1S/C12H12BrN5S/c1-8-17-11(6-12(18-8)16-7-14)15-5-4-9-2-3-10(13)19-9/h2-3,6H,4-5H2,1H3,(H2,15,16,17,18). The molecule has 2 rings (SSSR count). The van der Waals surface area contributed by atoms with Crippen LogP contribution in [-0.2, 0) is 6.42 Å². The Kier molecular flexibility index (Phi) is 4.71. The van der Waals surface area contributed by atoms with Crippen molar-refractivity contribution in [3.05, 3.63) is 32.7 Å². The Hall–Kier alpha value is -1.65. The highest BCUT2D eigenvalue weighted by Gasteiger charge is 2.02. The zero-order chi connectivity index (χ0) is 13.7. The van der Waals surface area contributed by atoms with Gasteiger partial charge in [0.15, 0.2) is 6.19 Å². The van der Waals surface area contributed by atoms with Gasteiger partial charge in [-0.2, -0.15) is 5.26 Å². The molecule has 0 saturated heterocycles. The van der Waals surface area contributed by atoms with Crippen LogP contribution in [0.2, 0.25) is 0 Å². The summed E-state index contributed by atoms with van der Waals surface area (Å²) in [7, 11) is 0. The van der Waals surface area contributed by atoms with Crippen LogP contribution in [0.3, 0.4) is 0 Å². The molecule has 0 fully saturated rings. The lowest BCUT2D eigenvalue weighted by atomic mass is 10.3. The number of thiophene rings is 1. The summed E-state index contributed by atoms with van der Waals surface area (Å²) in [6.45, 7) is 2.58. The van der Waals surface area contributed by atoms with Crippen molar-refractivity contribution in [3.63, 3.8) is 0 Å². The first-order valence-corrected chi connectivity index (χ1v) is 7.27. The van der Waals surface area contributed by atoms with E-state index in [-0.39, 0.29) is 0 Å². The largest absolute Gasteiger partial charge is 0.370 e. The molecule has 2 aromatic rings. The molecule has 0 aromatic carbocycles. The molecule has 0 aliphatic carbocycles. The number of aromatic nitrogens is 2. The summed E-state index contributed by atoms with van der Waals surface area (Å²) in [4.78, 5) is 9.69. The van der Waals surface area contributed by atoms with Crippen molar-refractivity contribution in [1.29, 1.82) is 5.26 Å². The van der Waals surface area contributed by atoms with Crippen LogP contribution in [0.5, 0.6) is 0 Å². The van der Waals surface area contributed by atoms with Crippen LogP contribution < -0.4 is 10.6 Å². The predicted octanol–water partition coefficient (Wildman–Crippen LogP) is 3.16. The first kappa shape index (κ1) is 13.8. The second kappa shape index (κ2) is 6.50. The summed E-state index contributed by atoms with van der Waals surface area (Å²) in [5.74, 6) is 1.86. The number of aryl methyl sites for hydroxylation is 1. The molecule has 2 N–H and O–H groups in total. The van der Waals surface area contributed by atoms with Crippen molar-refractivity contribution in [2.75, 3.05) is 17.2 Å². The third-order valence-corrected chi connectivity index (χ3v) is 4.01. The summed E-state index contributed by atoms with van der Waals surface area (Å²) >= 11 is 5.17. The fourth-order valence-electron chi connectivity index (χ4n) is 1.58. The molecule has 0 aliphatic rings. The minimum atomic E-state index is 0.511. The fourth-order valence-corrected chi connectivity index (χ4v) is 3.06. The summed E-state index contributed by atoms with van der Waals surface area (Å²) in [6.07, 6.45) is 2.78. The van der Waals surface area contributed by atoms with Gasteiger partial charge in [-0.3, -0.25) is 5.32 Å². The van der Waals surface area contributed by atoms with E-state index in [9.17, 15) is 0 Å². The maximum atomic E-state index is 8.58. The molecule has 0 amide bonds. The van der Waals surface area contributed by atoms with Gasteiger partial charge in [-0.1, -0.05) is 0 Å². The number of hydrogen-bond acceptors (Lipinski definition) is 6. The van der Waals surface area contributed by atoms with E-state index in [4.69, 9.17) is 5.26 Å². The molecule has 19 heavy (non-hydrogen) atoms. The zero-order valence-corrected chi connectivity index (χ0v) is 12.7. The zero-order valence-electron chi connectivity index (χ0n) is 10.3. The monoisotopic (exact) mass is 337 g/mol. The Balaban J connectivity index is 1.94. The van der Waals surface area contributed by atoms with Gasteiger partial charge in [-0.25, -0.2) is 9.97 Å². The Bertz CT molecular complexity index is 604. The quantitative estimate of drug-likeness (QED) is 0.647. The summed E-state index contributed by atoms with van der Waals surface area (Å²) in [5.41, 5.74) is 0. The van der Waals surface area contributed by atoms with Gasteiger partial charge in [0, 0.05) is 17.5 Å². The Morgan fingerprint density at radius 1 is 1.37 bits per heavy atom. The van der Waals surface area contributed by atoms with Crippen LogP contribution in [0.1, 0.15) is 10.7 Å². The van der Waals surface area contributed by atoms with Crippen LogP contribution >= 0.6 is 27.3 Å². The normalized spacial score (nSPS) is 9.95. The molecule has 0 aliphatic heterocycles. The van der Waals surface area contributed by atoms with Gasteiger partial charge in [0.25, 0.3) is 0 Å². The molecule has 98 valence electrons. The molecule has 0 radical (unpaired) electrons. The molecular weight excluding hydrogens is 326 g/mol. The Morgan fingerprint density at radius 3 is 2.84 bits per heavy atom. The van der Waals surface area contributed by atoms with Crippen molar-refractivity contribution in [1.82, 2.24) is 9.97 Å². The highest BCUT2D eigenvalue weighted by atomic mass is 79.9. The van der Waals surface area contributed by atoms with Crippen LogP contribution in [-0.4, -0.2) is 16.5 Å². The van der Waals surface area contributed by atoms with Crippen LogP contribution in [0.15, 0.2) is 22.0 Å². The first-order chi connectivity index (χ1) is 9.17. The maximum Gasteiger partial charge on any atom is 0.182 e. The number of halogens is 1. The van der Waals surface area contributed by atoms with Gasteiger partial charge in [-0.05, 0) is 41.4 Å². The van der Waals surface area contributed by atoms with E-state index < -0.39 is 0 Å². The topological polar surface area (TPSA) is 73.6 Å². The Labute approximate surface area is 123 Å². The van der Waals surface area contributed by atoms with Gasteiger partial charge in [-0.15, -0.1) is 11.3 Å². The van der Waals surface area contributed by atoms with Crippen LogP contribution in [0.4, 0.5) is 11.6 Å². The molecule has 2 aromatic heterocycles. The van der Waals surface area contributed by atoms with Crippen molar-refractivity contribution in [2.24, 2.45) is 0 Å². The van der Waals surface area contributed by atoms with Crippen molar-refractivity contribution in [3.8, 4) is 6.19 Å². The van der Waals surface area contributed by atoms with Gasteiger partial charge in [0.05, 0.1) is 3.79 Å². The molecule has 0 unspecified atom stereocenters. The number of rotatable bonds is 5. The second-order valence-electron chi connectivity index (χ2n) is 3.81. The van der Waals surface area contributed by atoms with E-state index >= 15 is 0 Å². The molecule has 7 heteroatoms. The first-order valence-electron chi connectivity index (χ1n) is 5.66. The molecule has 5 nitrogen and oxygen atoms in total. The van der Waals surface area contributed by atoms with E-state index in [2.05, 4.69) is 42.6 Å². The van der Waals surface area contributed by atoms with Crippen molar-refractivity contribution >= 4 is 38.9 Å². The number of nitrogens with zero attached hydrogens (tertiary/aromatic N) is 3. The highest BCUT2D eigenvalue weighted by molar-refractivity contribution is 9.11. The molecule has 2 heterocycles. The van der Waals surface area contributed by atoms with E-state index in [0.29, 0.717) is 11.6 Å². The lowest BCUT2D eigenvalue weighted by molar-refractivity contribution is 0.995. The summed E-state index contributed by atoms with van der Waals surface area (Å²) in [6, 6.07) is 5.87. The maximum absolute atomic E-state index is 8.58. The van der Waals surface area contributed by atoms with E-state index in [1.807, 2.05) is 12.3 Å². The number of nitrogens with one attached hydrogen (secondary N) is 2. The highest BCUT2D eigenvalue weighted by Crippen LogP contribution is 2.22. The SMILES string of the molecule is Cc1nc(NC#N)cc(NCCc2ccc(Br)s2)n1. The minimum Gasteiger partial charge on any atom is -0.370 e. The third-order valence-electron chi connectivity index (χ3n) is 2.33. The Morgan fingerprint density at radius 2 is 2.16 bits per heavy atom. The molecule has 0 saturated carbocycles. The van der Waals surface area contributed by atoms with Gasteiger partial charge in [0.1, 0.15) is 17.5 Å². The minimum absolute atomic E-state index is 0.511. The van der Waals surface area contributed by atoms with E-state index in [0.717, 1.165) is 22.6 Å². The van der Waals surface area contributed by atoms with Crippen molar-refractivity contribution < 1.29 is 0 Å². The average Bonchev–Trinajstić information content (AvgIpc) is 2.75. The van der Waals surface area contributed by atoms with Crippen LogP contribution in [0.25, 0.3) is 0 Å². The number of anilines is 2. The summed E-state index contributed by atoms with van der Waals surface area (Å²) < 4.78 is 1.14. The van der Waals surface area contributed by atoms with Crippen molar-refractivity contribution in [2.45, 2.75) is 13.3 Å². The molecule has 0 spiro atoms. The lowest BCUT2D eigenvalue weighted by Gasteiger charge is -2.06. The smallest absolute Gasteiger partial charge is 0.182 e.